The first kappa shape index (κ1) is 21.1. The lowest BCUT2D eigenvalue weighted by molar-refractivity contribution is 0.353. The van der Waals surface area contributed by atoms with E-state index < -0.39 is 10.0 Å². The maximum atomic E-state index is 12.6. The van der Waals surface area contributed by atoms with Crippen molar-refractivity contribution in [2.24, 2.45) is 0 Å². The number of rotatable bonds is 7. The minimum Gasteiger partial charge on any atom is -0.481 e. The van der Waals surface area contributed by atoms with Gasteiger partial charge < -0.3 is 20.1 Å². The second-order valence-corrected chi connectivity index (χ2v) is 7.67. The highest BCUT2D eigenvalue weighted by Crippen LogP contribution is 2.21. The normalized spacial score (nSPS) is 10.7. The van der Waals surface area contributed by atoms with Crippen molar-refractivity contribution in [2.75, 3.05) is 29.6 Å². The van der Waals surface area contributed by atoms with Crippen LogP contribution < -0.4 is 24.8 Å². The molecule has 0 amide bonds. The number of thiocarbonyl (C=S) groups is 1. The average molecular weight is 448 g/mol. The first-order valence-corrected chi connectivity index (χ1v) is 10.2. The minimum absolute atomic E-state index is 0.00949. The van der Waals surface area contributed by atoms with E-state index >= 15 is 0 Å². The molecule has 0 bridgehead atoms. The van der Waals surface area contributed by atoms with Crippen molar-refractivity contribution < 1.29 is 17.9 Å². The van der Waals surface area contributed by atoms with E-state index in [1.807, 2.05) is 0 Å². The molecule has 3 N–H and O–H groups in total. The molecule has 30 heavy (non-hydrogen) atoms. The Balaban J connectivity index is 1.69. The van der Waals surface area contributed by atoms with E-state index in [9.17, 15) is 8.42 Å². The molecule has 0 spiro atoms. The minimum atomic E-state index is -3.90. The second kappa shape index (κ2) is 9.28. The van der Waals surface area contributed by atoms with Crippen molar-refractivity contribution in [3.8, 4) is 11.9 Å². The second-order valence-electron chi connectivity index (χ2n) is 5.58. The smallest absolute Gasteiger partial charge is 0.321 e. The maximum absolute atomic E-state index is 12.6. The molecule has 0 aliphatic carbocycles. The van der Waals surface area contributed by atoms with Gasteiger partial charge in [0.1, 0.15) is 0 Å². The van der Waals surface area contributed by atoms with Crippen LogP contribution in [0.4, 0.5) is 17.3 Å². The topological polar surface area (TPSA) is 140 Å². The Morgan fingerprint density at radius 1 is 1.00 bits per heavy atom. The number of anilines is 3. The fourth-order valence-electron chi connectivity index (χ4n) is 2.21. The summed E-state index contributed by atoms with van der Waals surface area (Å²) in [7, 11) is -1.14. The zero-order chi connectivity index (χ0) is 21.6. The Kier molecular flexibility index (Phi) is 6.54. The number of hydrogen-bond acceptors (Lipinski definition) is 9. The van der Waals surface area contributed by atoms with Gasteiger partial charge in [-0.1, -0.05) is 0 Å². The molecule has 0 fully saturated rings. The summed E-state index contributed by atoms with van der Waals surface area (Å²) in [6.45, 7) is 0. The Hall–Kier alpha value is -3.58. The summed E-state index contributed by atoms with van der Waals surface area (Å²) in [6, 6.07) is 7.29. The zero-order valence-electron chi connectivity index (χ0n) is 15.9. The number of sulfonamides is 1. The van der Waals surface area contributed by atoms with Crippen molar-refractivity contribution in [3.63, 3.8) is 0 Å². The predicted molar refractivity (Wildman–Crippen MR) is 114 cm³/mol. The predicted octanol–water partition coefficient (Wildman–Crippen LogP) is 1.89. The van der Waals surface area contributed by atoms with Crippen LogP contribution in [0.5, 0.6) is 11.9 Å². The van der Waals surface area contributed by atoms with Crippen LogP contribution in [0.3, 0.4) is 0 Å². The zero-order valence-corrected chi connectivity index (χ0v) is 17.5. The molecule has 0 unspecified atom stereocenters. The third kappa shape index (κ3) is 5.48. The molecule has 2 aromatic heterocycles. The summed E-state index contributed by atoms with van der Waals surface area (Å²) >= 11 is 5.20. The van der Waals surface area contributed by atoms with E-state index in [0.29, 0.717) is 11.5 Å². The largest absolute Gasteiger partial charge is 0.481 e. The van der Waals surface area contributed by atoms with Gasteiger partial charge >= 0.3 is 6.01 Å². The number of nitrogens with one attached hydrogen (secondary N) is 3. The Labute approximate surface area is 178 Å². The first-order chi connectivity index (χ1) is 14.4. The quantitative estimate of drug-likeness (QED) is 0.457. The molecular formula is C17H17N7O4S2. The fourth-order valence-corrected chi connectivity index (χ4v) is 3.42. The molecule has 0 saturated heterocycles. The van der Waals surface area contributed by atoms with Crippen LogP contribution >= 0.6 is 12.2 Å². The van der Waals surface area contributed by atoms with Gasteiger partial charge in [0.15, 0.2) is 16.7 Å². The standard InChI is InChI=1S/C17H17N7O4S2/c1-27-15-9-13(21-16(23-15)28-2)24-30(25,26)12-5-3-11(4-6-12)20-17(29)22-14-10-18-7-8-19-14/h3-10H,1-2H3,(H,21,23,24)(H2,19,20,22,29). The third-order valence-electron chi connectivity index (χ3n) is 3.54. The molecule has 3 aromatic rings. The van der Waals surface area contributed by atoms with Gasteiger partial charge in [-0.15, -0.1) is 0 Å². The molecule has 11 nitrogen and oxygen atoms in total. The van der Waals surface area contributed by atoms with Crippen molar-refractivity contribution in [1.82, 2.24) is 19.9 Å². The van der Waals surface area contributed by atoms with E-state index in [0.717, 1.165) is 0 Å². The molecule has 0 atom stereocenters. The molecule has 1 aromatic carbocycles. The van der Waals surface area contributed by atoms with E-state index in [-0.39, 0.29) is 27.7 Å². The van der Waals surface area contributed by atoms with E-state index in [4.69, 9.17) is 21.7 Å². The lowest BCUT2D eigenvalue weighted by Crippen LogP contribution is -2.20. The highest BCUT2D eigenvalue weighted by Gasteiger charge is 2.17. The van der Waals surface area contributed by atoms with Gasteiger partial charge in [0.2, 0.25) is 5.88 Å². The summed E-state index contributed by atoms with van der Waals surface area (Å²) in [6.07, 6.45) is 4.59. The summed E-state index contributed by atoms with van der Waals surface area (Å²) in [5.41, 5.74) is 0.584. The number of methoxy groups -OCH3 is 2. The molecule has 0 aliphatic rings. The van der Waals surface area contributed by atoms with Gasteiger partial charge in [-0.3, -0.25) is 9.71 Å². The lowest BCUT2D eigenvalue weighted by Gasteiger charge is -2.11. The van der Waals surface area contributed by atoms with Crippen LogP contribution in [0.2, 0.25) is 0 Å². The van der Waals surface area contributed by atoms with Crippen LogP contribution in [0.15, 0.2) is 53.8 Å². The highest BCUT2D eigenvalue weighted by atomic mass is 32.2. The van der Waals surface area contributed by atoms with Gasteiger partial charge in [-0.25, -0.2) is 13.4 Å². The fraction of sp³-hybridized carbons (Fsp3) is 0.118. The van der Waals surface area contributed by atoms with Crippen LogP contribution in [0.25, 0.3) is 0 Å². The van der Waals surface area contributed by atoms with Crippen LogP contribution in [0, 0.1) is 0 Å². The number of aromatic nitrogens is 4. The van der Waals surface area contributed by atoms with Crippen LogP contribution in [-0.4, -0.2) is 47.7 Å². The van der Waals surface area contributed by atoms with E-state index in [2.05, 4.69) is 35.3 Å². The van der Waals surface area contributed by atoms with Crippen molar-refractivity contribution in [1.29, 1.82) is 0 Å². The summed E-state index contributed by atoms with van der Waals surface area (Å²) in [5.74, 6) is 0.646. The van der Waals surface area contributed by atoms with Gasteiger partial charge in [-0.2, -0.15) is 9.97 Å². The number of nitrogens with zero attached hydrogens (tertiary/aromatic N) is 4. The van der Waals surface area contributed by atoms with Gasteiger partial charge in [-0.05, 0) is 36.5 Å². The van der Waals surface area contributed by atoms with Crippen LogP contribution in [0.1, 0.15) is 0 Å². The molecule has 3 rings (SSSR count). The third-order valence-corrected chi connectivity index (χ3v) is 5.11. The Bertz CT molecular complexity index is 1100. The summed E-state index contributed by atoms with van der Waals surface area (Å²) in [5, 5.41) is 6.08. The van der Waals surface area contributed by atoms with Gasteiger partial charge in [0.05, 0.1) is 25.3 Å². The molecule has 156 valence electrons. The lowest BCUT2D eigenvalue weighted by atomic mass is 10.3. The maximum Gasteiger partial charge on any atom is 0.321 e. The monoisotopic (exact) mass is 447 g/mol. The molecule has 13 heteroatoms. The van der Waals surface area contributed by atoms with Crippen molar-refractivity contribution >= 4 is 44.7 Å². The molecule has 0 radical (unpaired) electrons. The SMILES string of the molecule is COc1cc(NS(=O)(=O)c2ccc(NC(=S)Nc3cnccn3)cc2)nc(OC)n1. The van der Waals surface area contributed by atoms with E-state index in [1.165, 1.54) is 44.8 Å². The summed E-state index contributed by atoms with van der Waals surface area (Å²) < 4.78 is 37.6. The number of benzene rings is 1. The molecule has 0 saturated carbocycles. The molecule has 0 aliphatic heterocycles. The number of ether oxygens (including phenoxy) is 2. The Morgan fingerprint density at radius 2 is 1.77 bits per heavy atom. The first-order valence-electron chi connectivity index (χ1n) is 8.33. The highest BCUT2D eigenvalue weighted by molar-refractivity contribution is 7.92. The van der Waals surface area contributed by atoms with Gasteiger partial charge in [0, 0.05) is 24.1 Å². The van der Waals surface area contributed by atoms with E-state index in [1.54, 1.807) is 18.3 Å². The average Bonchev–Trinajstić information content (AvgIpc) is 2.74. The van der Waals surface area contributed by atoms with Crippen LogP contribution in [-0.2, 0) is 10.0 Å². The van der Waals surface area contributed by atoms with Crippen molar-refractivity contribution in [3.05, 3.63) is 48.9 Å². The molecule has 2 heterocycles. The Morgan fingerprint density at radius 3 is 2.40 bits per heavy atom. The summed E-state index contributed by atoms with van der Waals surface area (Å²) in [4.78, 5) is 15.9. The molecular weight excluding hydrogens is 430 g/mol. The van der Waals surface area contributed by atoms with Crippen molar-refractivity contribution in [2.45, 2.75) is 4.90 Å². The van der Waals surface area contributed by atoms with Gasteiger partial charge in [0.25, 0.3) is 10.0 Å². The number of hydrogen-bond donors (Lipinski definition) is 3.